The molecule has 2 N–H and O–H groups in total. The number of ether oxygens (including phenoxy) is 2. The van der Waals surface area contributed by atoms with Gasteiger partial charge in [0.25, 0.3) is 5.91 Å². The molecule has 0 saturated heterocycles. The fourth-order valence-electron chi connectivity index (χ4n) is 3.61. The highest BCUT2D eigenvalue weighted by molar-refractivity contribution is 7.99. The molecule has 4 rings (SSSR count). The standard InChI is InChI=1S/C28H26FN5O5S/c1-3-39-27(37)18-7-11-21(12-8-18)31-25(35)17-40-28-33-32-24(34(28)22-13-9-20(29)10-14-22)16-30-26(36)19-5-4-6-23(15-19)38-2/h4-15H,3,16-17H2,1-2H3,(H,30,36)(H,31,35). The second kappa shape index (κ2) is 13.4. The van der Waals surface area contributed by atoms with Crippen LogP contribution < -0.4 is 15.4 Å². The molecule has 12 heteroatoms. The Kier molecular flexibility index (Phi) is 9.47. The van der Waals surface area contributed by atoms with Crippen LogP contribution in [0.15, 0.2) is 78.0 Å². The quantitative estimate of drug-likeness (QED) is 0.205. The van der Waals surface area contributed by atoms with Gasteiger partial charge in [-0.2, -0.15) is 0 Å². The largest absolute Gasteiger partial charge is 0.497 e. The molecule has 3 aromatic carbocycles. The average molecular weight is 564 g/mol. The lowest BCUT2D eigenvalue weighted by molar-refractivity contribution is -0.113. The number of halogens is 1. The Morgan fingerprint density at radius 3 is 2.42 bits per heavy atom. The predicted molar refractivity (Wildman–Crippen MR) is 147 cm³/mol. The van der Waals surface area contributed by atoms with Gasteiger partial charge >= 0.3 is 5.97 Å². The minimum atomic E-state index is -0.438. The van der Waals surface area contributed by atoms with E-state index in [9.17, 15) is 18.8 Å². The SMILES string of the molecule is CCOC(=O)c1ccc(NC(=O)CSc2nnc(CNC(=O)c3cccc(OC)c3)n2-c2ccc(F)cc2)cc1. The molecule has 0 spiro atoms. The van der Waals surface area contributed by atoms with Crippen molar-refractivity contribution in [3.8, 4) is 11.4 Å². The molecule has 1 heterocycles. The van der Waals surface area contributed by atoms with Crippen LogP contribution >= 0.6 is 11.8 Å². The summed E-state index contributed by atoms with van der Waals surface area (Å²) < 4.78 is 25.4. The van der Waals surface area contributed by atoms with Gasteiger partial charge in [0, 0.05) is 16.9 Å². The van der Waals surface area contributed by atoms with E-state index in [0.717, 1.165) is 11.8 Å². The first-order valence-corrected chi connectivity index (χ1v) is 13.2. The van der Waals surface area contributed by atoms with Gasteiger partial charge in [0.1, 0.15) is 11.6 Å². The highest BCUT2D eigenvalue weighted by Crippen LogP contribution is 2.23. The van der Waals surface area contributed by atoms with Gasteiger partial charge in [-0.3, -0.25) is 14.2 Å². The van der Waals surface area contributed by atoms with Crippen molar-refractivity contribution >= 4 is 35.2 Å². The van der Waals surface area contributed by atoms with Crippen LogP contribution in [0.1, 0.15) is 33.5 Å². The average Bonchev–Trinajstić information content (AvgIpc) is 3.38. The van der Waals surface area contributed by atoms with Crippen molar-refractivity contribution in [1.82, 2.24) is 20.1 Å². The van der Waals surface area contributed by atoms with Crippen molar-refractivity contribution in [3.05, 3.63) is 95.6 Å². The topological polar surface area (TPSA) is 124 Å². The summed E-state index contributed by atoms with van der Waals surface area (Å²) in [6.45, 7) is 2.02. The molecule has 1 aromatic heterocycles. The lowest BCUT2D eigenvalue weighted by Gasteiger charge is -2.11. The van der Waals surface area contributed by atoms with Gasteiger partial charge in [-0.25, -0.2) is 9.18 Å². The van der Waals surface area contributed by atoms with Crippen LogP contribution in [0.4, 0.5) is 10.1 Å². The van der Waals surface area contributed by atoms with E-state index < -0.39 is 11.8 Å². The van der Waals surface area contributed by atoms with Crippen molar-refractivity contribution in [3.63, 3.8) is 0 Å². The van der Waals surface area contributed by atoms with Crippen LogP contribution in [0.2, 0.25) is 0 Å². The van der Waals surface area contributed by atoms with Crippen LogP contribution in [0, 0.1) is 5.82 Å². The smallest absolute Gasteiger partial charge is 0.338 e. The third kappa shape index (κ3) is 7.23. The molecule has 40 heavy (non-hydrogen) atoms. The summed E-state index contributed by atoms with van der Waals surface area (Å²) >= 11 is 1.12. The number of hydrogen-bond acceptors (Lipinski definition) is 8. The lowest BCUT2D eigenvalue weighted by Crippen LogP contribution is -2.24. The molecule has 0 radical (unpaired) electrons. The number of carbonyl (C=O) groups excluding carboxylic acids is 3. The first-order chi connectivity index (χ1) is 19.4. The lowest BCUT2D eigenvalue weighted by atomic mass is 10.2. The van der Waals surface area contributed by atoms with Crippen molar-refractivity contribution in [1.29, 1.82) is 0 Å². The zero-order valence-electron chi connectivity index (χ0n) is 21.7. The van der Waals surface area contributed by atoms with Crippen LogP contribution in [0.5, 0.6) is 5.75 Å². The predicted octanol–water partition coefficient (Wildman–Crippen LogP) is 4.25. The zero-order chi connectivity index (χ0) is 28.5. The number of anilines is 1. The van der Waals surface area contributed by atoms with Gasteiger partial charge in [0.2, 0.25) is 5.91 Å². The van der Waals surface area contributed by atoms with Crippen LogP contribution in [0.25, 0.3) is 5.69 Å². The number of carbonyl (C=O) groups is 3. The van der Waals surface area contributed by atoms with Gasteiger partial charge in [-0.15, -0.1) is 10.2 Å². The molecule has 0 aliphatic rings. The number of benzene rings is 3. The van der Waals surface area contributed by atoms with E-state index in [4.69, 9.17) is 9.47 Å². The van der Waals surface area contributed by atoms with Gasteiger partial charge in [-0.1, -0.05) is 17.8 Å². The van der Waals surface area contributed by atoms with Crippen LogP contribution in [-0.4, -0.2) is 52.0 Å². The third-order valence-electron chi connectivity index (χ3n) is 5.54. The molecule has 0 bridgehead atoms. The Morgan fingerprint density at radius 2 is 1.73 bits per heavy atom. The Morgan fingerprint density at radius 1 is 0.975 bits per heavy atom. The number of nitrogens with one attached hydrogen (secondary N) is 2. The first-order valence-electron chi connectivity index (χ1n) is 12.2. The number of rotatable bonds is 11. The van der Waals surface area contributed by atoms with Crippen LogP contribution in [0.3, 0.4) is 0 Å². The number of esters is 1. The third-order valence-corrected chi connectivity index (χ3v) is 6.47. The zero-order valence-corrected chi connectivity index (χ0v) is 22.5. The molecule has 0 atom stereocenters. The Hall–Kier alpha value is -4.71. The minimum absolute atomic E-state index is 0.00484. The summed E-state index contributed by atoms with van der Waals surface area (Å²) in [5.74, 6) is -0.562. The fourth-order valence-corrected chi connectivity index (χ4v) is 4.39. The van der Waals surface area contributed by atoms with E-state index >= 15 is 0 Å². The van der Waals surface area contributed by atoms with Crippen LogP contribution in [-0.2, 0) is 16.1 Å². The van der Waals surface area contributed by atoms with Gasteiger partial charge in [0.15, 0.2) is 11.0 Å². The van der Waals surface area contributed by atoms with Crippen molar-refractivity contribution in [2.24, 2.45) is 0 Å². The summed E-state index contributed by atoms with van der Waals surface area (Å²) in [6.07, 6.45) is 0. The molecular formula is C28H26FN5O5S. The summed E-state index contributed by atoms with van der Waals surface area (Å²) in [4.78, 5) is 37.2. The van der Waals surface area contributed by atoms with Gasteiger partial charge < -0.3 is 20.1 Å². The maximum absolute atomic E-state index is 13.6. The number of nitrogens with zero attached hydrogens (tertiary/aromatic N) is 3. The molecule has 0 saturated carbocycles. The second-order valence-electron chi connectivity index (χ2n) is 8.26. The van der Waals surface area contributed by atoms with E-state index in [1.54, 1.807) is 72.2 Å². The van der Waals surface area contributed by atoms with E-state index in [0.29, 0.717) is 39.2 Å². The minimum Gasteiger partial charge on any atom is -0.497 e. The number of thioether (sulfide) groups is 1. The van der Waals surface area contributed by atoms with E-state index in [1.807, 2.05) is 0 Å². The number of aromatic nitrogens is 3. The molecular weight excluding hydrogens is 537 g/mol. The van der Waals surface area contributed by atoms with E-state index in [2.05, 4.69) is 20.8 Å². The summed E-state index contributed by atoms with van der Waals surface area (Å²) in [5.41, 5.74) is 1.87. The molecule has 4 aromatic rings. The highest BCUT2D eigenvalue weighted by Gasteiger charge is 2.18. The van der Waals surface area contributed by atoms with Gasteiger partial charge in [0.05, 0.1) is 31.6 Å². The van der Waals surface area contributed by atoms with Crippen molar-refractivity contribution < 1.29 is 28.2 Å². The first kappa shape index (κ1) is 28.3. The molecule has 10 nitrogen and oxygen atoms in total. The number of hydrogen-bond donors (Lipinski definition) is 2. The molecule has 0 aliphatic heterocycles. The Bertz CT molecular complexity index is 1490. The molecule has 2 amide bonds. The highest BCUT2D eigenvalue weighted by atomic mass is 32.2. The molecule has 206 valence electrons. The summed E-state index contributed by atoms with van der Waals surface area (Å²) in [6, 6.07) is 18.8. The monoisotopic (exact) mass is 563 g/mol. The fraction of sp³-hybridized carbons (Fsp3) is 0.179. The molecule has 0 unspecified atom stereocenters. The summed E-state index contributed by atoms with van der Waals surface area (Å²) in [5, 5.41) is 14.4. The van der Waals surface area contributed by atoms with E-state index in [-0.39, 0.29) is 30.7 Å². The van der Waals surface area contributed by atoms with E-state index in [1.165, 1.54) is 19.2 Å². The van der Waals surface area contributed by atoms with Crippen molar-refractivity contribution in [2.45, 2.75) is 18.6 Å². The second-order valence-corrected chi connectivity index (χ2v) is 9.20. The number of methoxy groups -OCH3 is 1. The summed E-state index contributed by atoms with van der Waals surface area (Å²) in [7, 11) is 1.52. The van der Waals surface area contributed by atoms with Gasteiger partial charge in [-0.05, 0) is 73.7 Å². The maximum Gasteiger partial charge on any atom is 0.338 e. The maximum atomic E-state index is 13.6. The molecule has 0 aliphatic carbocycles. The Balaban J connectivity index is 1.45. The molecule has 0 fully saturated rings. The Labute approximate surface area is 233 Å². The normalized spacial score (nSPS) is 10.6. The number of amides is 2. The van der Waals surface area contributed by atoms with Crippen molar-refractivity contribution in [2.75, 3.05) is 24.8 Å².